The first kappa shape index (κ1) is 10.6. The molecule has 15 heavy (non-hydrogen) atoms. The van der Waals surface area contributed by atoms with Gasteiger partial charge in [0, 0.05) is 38.6 Å². The summed E-state index contributed by atoms with van der Waals surface area (Å²) < 4.78 is 2.10. The molecule has 1 aliphatic rings. The van der Waals surface area contributed by atoms with E-state index in [1.807, 2.05) is 12.4 Å². The first-order valence-corrected chi connectivity index (χ1v) is 5.65. The average Bonchev–Trinajstić information content (AvgIpc) is 2.66. The third-order valence-electron chi connectivity index (χ3n) is 3.28. The predicted molar refractivity (Wildman–Crippen MR) is 60.6 cm³/mol. The monoisotopic (exact) mass is 208 g/mol. The Bertz CT molecular complexity index is 299. The van der Waals surface area contributed by atoms with Crippen molar-refractivity contribution in [3.05, 3.63) is 18.2 Å². The number of hydrogen-bond acceptors (Lipinski definition) is 3. The summed E-state index contributed by atoms with van der Waals surface area (Å²) in [5, 5.41) is 3.35. The normalized spacial score (nSPS) is 19.6. The zero-order chi connectivity index (χ0) is 10.7. The summed E-state index contributed by atoms with van der Waals surface area (Å²) in [6.45, 7) is 3.34. The highest BCUT2D eigenvalue weighted by Gasteiger charge is 2.18. The minimum absolute atomic E-state index is 0.711. The number of aryl methyl sites for hydroxylation is 1. The van der Waals surface area contributed by atoms with E-state index in [0.29, 0.717) is 6.04 Å². The Morgan fingerprint density at radius 1 is 1.47 bits per heavy atom. The van der Waals surface area contributed by atoms with Crippen LogP contribution in [-0.4, -0.2) is 40.6 Å². The average molecular weight is 208 g/mol. The molecule has 1 N–H and O–H groups in total. The molecule has 0 aromatic carbocycles. The Balaban J connectivity index is 1.85. The second-order valence-corrected chi connectivity index (χ2v) is 4.29. The van der Waals surface area contributed by atoms with E-state index in [2.05, 4.69) is 33.9 Å². The molecule has 1 saturated heterocycles. The Morgan fingerprint density at radius 2 is 2.20 bits per heavy atom. The van der Waals surface area contributed by atoms with Crippen LogP contribution in [0.3, 0.4) is 0 Å². The van der Waals surface area contributed by atoms with Crippen LogP contribution in [-0.2, 0) is 13.6 Å². The van der Waals surface area contributed by atoms with E-state index in [0.717, 1.165) is 12.4 Å². The molecular weight excluding hydrogens is 188 g/mol. The first-order valence-electron chi connectivity index (χ1n) is 5.65. The van der Waals surface area contributed by atoms with E-state index < -0.39 is 0 Å². The summed E-state index contributed by atoms with van der Waals surface area (Å²) in [7, 11) is 4.11. The Morgan fingerprint density at radius 3 is 2.73 bits per heavy atom. The van der Waals surface area contributed by atoms with E-state index in [1.54, 1.807) is 0 Å². The van der Waals surface area contributed by atoms with Crippen LogP contribution in [0.2, 0.25) is 0 Å². The van der Waals surface area contributed by atoms with Gasteiger partial charge in [-0.05, 0) is 19.9 Å². The van der Waals surface area contributed by atoms with Crippen molar-refractivity contribution in [2.75, 3.05) is 20.1 Å². The predicted octanol–water partition coefficient (Wildman–Crippen LogP) is 0.604. The van der Waals surface area contributed by atoms with Gasteiger partial charge in [0.1, 0.15) is 5.82 Å². The molecule has 0 bridgehead atoms. The second-order valence-electron chi connectivity index (χ2n) is 4.29. The summed E-state index contributed by atoms with van der Waals surface area (Å²) in [6.07, 6.45) is 6.38. The van der Waals surface area contributed by atoms with Crippen molar-refractivity contribution in [3.63, 3.8) is 0 Å². The summed E-state index contributed by atoms with van der Waals surface area (Å²) in [5.41, 5.74) is 0. The van der Waals surface area contributed by atoms with Gasteiger partial charge in [0.05, 0.1) is 6.54 Å². The lowest BCUT2D eigenvalue weighted by Gasteiger charge is -2.31. The minimum Gasteiger partial charge on any atom is -0.337 e. The van der Waals surface area contributed by atoms with Crippen LogP contribution in [0.4, 0.5) is 0 Å². The molecule has 0 atom stereocenters. The summed E-state index contributed by atoms with van der Waals surface area (Å²) in [5.74, 6) is 1.16. The molecule has 0 saturated carbocycles. The van der Waals surface area contributed by atoms with Crippen LogP contribution in [0.25, 0.3) is 0 Å². The van der Waals surface area contributed by atoms with Gasteiger partial charge in [-0.25, -0.2) is 4.98 Å². The number of piperidine rings is 1. The first-order chi connectivity index (χ1) is 7.29. The SMILES string of the molecule is CNC1CCN(Cc2nccn2C)CC1. The van der Waals surface area contributed by atoms with Crippen molar-refractivity contribution in [1.82, 2.24) is 19.8 Å². The van der Waals surface area contributed by atoms with E-state index in [1.165, 1.54) is 25.9 Å². The maximum atomic E-state index is 4.35. The number of rotatable bonds is 3. The standard InChI is InChI=1S/C11H20N4/c1-12-10-3-6-15(7-4-10)9-11-13-5-8-14(11)2/h5,8,10,12H,3-4,6-7,9H2,1-2H3. The lowest BCUT2D eigenvalue weighted by molar-refractivity contribution is 0.189. The molecule has 1 aromatic heterocycles. The van der Waals surface area contributed by atoms with Crippen molar-refractivity contribution in [2.24, 2.45) is 7.05 Å². The molecule has 0 spiro atoms. The van der Waals surface area contributed by atoms with Gasteiger partial charge in [-0.3, -0.25) is 4.90 Å². The molecule has 1 aromatic rings. The van der Waals surface area contributed by atoms with E-state index in [-0.39, 0.29) is 0 Å². The summed E-state index contributed by atoms with van der Waals surface area (Å²) in [6, 6.07) is 0.711. The van der Waals surface area contributed by atoms with Crippen LogP contribution in [0.5, 0.6) is 0 Å². The minimum atomic E-state index is 0.711. The van der Waals surface area contributed by atoms with Gasteiger partial charge in [-0.1, -0.05) is 0 Å². The maximum Gasteiger partial charge on any atom is 0.122 e. The molecule has 84 valence electrons. The maximum absolute atomic E-state index is 4.35. The molecule has 1 fully saturated rings. The van der Waals surface area contributed by atoms with Gasteiger partial charge in [0.25, 0.3) is 0 Å². The lowest BCUT2D eigenvalue weighted by Crippen LogP contribution is -2.41. The molecule has 4 nitrogen and oxygen atoms in total. The number of hydrogen-bond donors (Lipinski definition) is 1. The number of likely N-dealkylation sites (tertiary alicyclic amines) is 1. The van der Waals surface area contributed by atoms with Crippen LogP contribution >= 0.6 is 0 Å². The summed E-state index contributed by atoms with van der Waals surface area (Å²) in [4.78, 5) is 6.84. The molecule has 2 rings (SSSR count). The van der Waals surface area contributed by atoms with Crippen LogP contribution in [0.15, 0.2) is 12.4 Å². The quantitative estimate of drug-likeness (QED) is 0.790. The summed E-state index contributed by atoms with van der Waals surface area (Å²) >= 11 is 0. The van der Waals surface area contributed by atoms with Crippen molar-refractivity contribution < 1.29 is 0 Å². The van der Waals surface area contributed by atoms with E-state index in [4.69, 9.17) is 0 Å². The molecule has 4 heteroatoms. The Kier molecular flexibility index (Phi) is 3.38. The van der Waals surface area contributed by atoms with Crippen molar-refractivity contribution in [3.8, 4) is 0 Å². The van der Waals surface area contributed by atoms with Gasteiger partial charge in [-0.15, -0.1) is 0 Å². The number of aromatic nitrogens is 2. The Labute approximate surface area is 91.3 Å². The van der Waals surface area contributed by atoms with Crippen LogP contribution in [0, 0.1) is 0 Å². The van der Waals surface area contributed by atoms with E-state index in [9.17, 15) is 0 Å². The second kappa shape index (κ2) is 4.77. The van der Waals surface area contributed by atoms with Gasteiger partial charge in [0.15, 0.2) is 0 Å². The third-order valence-corrected chi connectivity index (χ3v) is 3.28. The van der Waals surface area contributed by atoms with Gasteiger partial charge in [-0.2, -0.15) is 0 Å². The molecular formula is C11H20N4. The smallest absolute Gasteiger partial charge is 0.122 e. The van der Waals surface area contributed by atoms with Crippen molar-refractivity contribution in [2.45, 2.75) is 25.4 Å². The fourth-order valence-electron chi connectivity index (χ4n) is 2.13. The lowest BCUT2D eigenvalue weighted by atomic mass is 10.1. The fraction of sp³-hybridized carbons (Fsp3) is 0.727. The largest absolute Gasteiger partial charge is 0.337 e. The van der Waals surface area contributed by atoms with Gasteiger partial charge >= 0.3 is 0 Å². The third kappa shape index (κ3) is 2.58. The van der Waals surface area contributed by atoms with Crippen molar-refractivity contribution >= 4 is 0 Å². The van der Waals surface area contributed by atoms with Crippen LogP contribution in [0.1, 0.15) is 18.7 Å². The fourth-order valence-corrected chi connectivity index (χ4v) is 2.13. The van der Waals surface area contributed by atoms with E-state index >= 15 is 0 Å². The zero-order valence-corrected chi connectivity index (χ0v) is 9.61. The number of imidazole rings is 1. The molecule has 1 aliphatic heterocycles. The number of nitrogens with zero attached hydrogens (tertiary/aromatic N) is 3. The molecule has 0 aliphatic carbocycles. The highest BCUT2D eigenvalue weighted by Crippen LogP contribution is 2.12. The Hall–Kier alpha value is -0.870. The molecule has 0 unspecified atom stereocenters. The zero-order valence-electron chi connectivity index (χ0n) is 9.61. The molecule has 2 heterocycles. The topological polar surface area (TPSA) is 33.1 Å². The van der Waals surface area contributed by atoms with Gasteiger partial charge < -0.3 is 9.88 Å². The highest BCUT2D eigenvalue weighted by molar-refractivity contribution is 4.91. The highest BCUT2D eigenvalue weighted by atomic mass is 15.2. The number of nitrogens with one attached hydrogen (secondary N) is 1. The van der Waals surface area contributed by atoms with Gasteiger partial charge in [0.2, 0.25) is 0 Å². The van der Waals surface area contributed by atoms with Crippen LogP contribution < -0.4 is 5.32 Å². The van der Waals surface area contributed by atoms with Crippen molar-refractivity contribution in [1.29, 1.82) is 0 Å². The molecule has 0 amide bonds. The molecule has 0 radical (unpaired) electrons.